The molecule has 0 aliphatic rings. The van der Waals surface area contributed by atoms with Crippen molar-refractivity contribution in [3.63, 3.8) is 0 Å². The van der Waals surface area contributed by atoms with Gasteiger partial charge in [0, 0.05) is 5.56 Å². The number of rotatable bonds is 4. The fourth-order valence-electron chi connectivity index (χ4n) is 1.80. The standard InChI is InChI=1S/C13H14N4O2/c1-8-2-4-9(5-3-8)12-10(7-18)13(15)17(16-12)6-11(14)19/h2-5,7H,6,15H2,1H3,(H2,14,19). The van der Waals surface area contributed by atoms with E-state index in [-0.39, 0.29) is 17.9 Å². The van der Waals surface area contributed by atoms with Crippen LogP contribution < -0.4 is 11.5 Å². The Labute approximate surface area is 110 Å². The smallest absolute Gasteiger partial charge is 0.239 e. The van der Waals surface area contributed by atoms with Gasteiger partial charge < -0.3 is 11.5 Å². The normalized spacial score (nSPS) is 10.4. The number of nitrogen functional groups attached to an aromatic ring is 1. The number of nitrogens with zero attached hydrogens (tertiary/aromatic N) is 2. The van der Waals surface area contributed by atoms with Crippen LogP contribution in [0.15, 0.2) is 24.3 Å². The number of hydrogen-bond acceptors (Lipinski definition) is 4. The first-order valence-corrected chi connectivity index (χ1v) is 5.69. The van der Waals surface area contributed by atoms with Gasteiger partial charge in [0.2, 0.25) is 5.91 Å². The molecule has 6 nitrogen and oxygen atoms in total. The molecule has 2 aromatic rings. The molecule has 0 saturated heterocycles. The highest BCUT2D eigenvalue weighted by Crippen LogP contribution is 2.25. The maximum absolute atomic E-state index is 11.1. The van der Waals surface area contributed by atoms with Crippen LogP contribution in [-0.2, 0) is 11.3 Å². The fraction of sp³-hybridized carbons (Fsp3) is 0.154. The Kier molecular flexibility index (Phi) is 3.33. The zero-order valence-electron chi connectivity index (χ0n) is 10.5. The molecule has 4 N–H and O–H groups in total. The molecule has 19 heavy (non-hydrogen) atoms. The van der Waals surface area contributed by atoms with Crippen molar-refractivity contribution < 1.29 is 9.59 Å². The summed E-state index contributed by atoms with van der Waals surface area (Å²) in [5.41, 5.74) is 13.5. The van der Waals surface area contributed by atoms with Crippen LogP contribution in [0.5, 0.6) is 0 Å². The average Bonchev–Trinajstić information content (AvgIpc) is 2.66. The Balaban J connectivity index is 2.53. The molecule has 0 fully saturated rings. The molecule has 1 aromatic carbocycles. The van der Waals surface area contributed by atoms with Gasteiger partial charge in [-0.05, 0) is 6.92 Å². The van der Waals surface area contributed by atoms with Crippen LogP contribution in [0.2, 0.25) is 0 Å². The van der Waals surface area contributed by atoms with Crippen LogP contribution in [-0.4, -0.2) is 22.0 Å². The highest BCUT2D eigenvalue weighted by molar-refractivity contribution is 5.92. The quantitative estimate of drug-likeness (QED) is 0.789. The third-order valence-corrected chi connectivity index (χ3v) is 2.78. The molecule has 98 valence electrons. The zero-order chi connectivity index (χ0) is 14.0. The Hall–Kier alpha value is -2.63. The van der Waals surface area contributed by atoms with Crippen molar-refractivity contribution in [3.05, 3.63) is 35.4 Å². The summed E-state index contributed by atoms with van der Waals surface area (Å²) in [7, 11) is 0. The molecule has 6 heteroatoms. The topological polar surface area (TPSA) is 104 Å². The van der Waals surface area contributed by atoms with E-state index in [1.54, 1.807) is 0 Å². The SMILES string of the molecule is Cc1ccc(-c2nn(CC(N)=O)c(N)c2C=O)cc1. The lowest BCUT2D eigenvalue weighted by Crippen LogP contribution is -2.20. The molecule has 0 unspecified atom stereocenters. The number of aldehydes is 1. The van der Waals surface area contributed by atoms with Crippen molar-refractivity contribution in [1.29, 1.82) is 0 Å². The van der Waals surface area contributed by atoms with Crippen LogP contribution in [0.25, 0.3) is 11.3 Å². The summed E-state index contributed by atoms with van der Waals surface area (Å²) in [6, 6.07) is 7.51. The Bertz CT molecular complexity index is 629. The number of primary amides is 1. The van der Waals surface area contributed by atoms with Gasteiger partial charge in [0.05, 0.1) is 5.56 Å². The van der Waals surface area contributed by atoms with Gasteiger partial charge in [-0.25, -0.2) is 4.68 Å². The van der Waals surface area contributed by atoms with Crippen LogP contribution >= 0.6 is 0 Å². The van der Waals surface area contributed by atoms with Gasteiger partial charge in [-0.2, -0.15) is 5.10 Å². The molecule has 0 saturated carbocycles. The molecule has 0 aliphatic heterocycles. The van der Waals surface area contributed by atoms with Gasteiger partial charge in [0.15, 0.2) is 6.29 Å². The number of nitrogens with two attached hydrogens (primary N) is 2. The van der Waals surface area contributed by atoms with Gasteiger partial charge >= 0.3 is 0 Å². The van der Waals surface area contributed by atoms with Gasteiger partial charge in [-0.3, -0.25) is 9.59 Å². The lowest BCUT2D eigenvalue weighted by molar-refractivity contribution is -0.118. The van der Waals surface area contributed by atoms with Crippen molar-refractivity contribution in [1.82, 2.24) is 9.78 Å². The first-order chi connectivity index (χ1) is 9.02. The molecule has 1 amide bonds. The third-order valence-electron chi connectivity index (χ3n) is 2.78. The van der Waals surface area contributed by atoms with Crippen molar-refractivity contribution in [3.8, 4) is 11.3 Å². The van der Waals surface area contributed by atoms with E-state index in [4.69, 9.17) is 11.5 Å². The summed E-state index contributed by atoms with van der Waals surface area (Å²) >= 11 is 0. The first-order valence-electron chi connectivity index (χ1n) is 5.69. The fourth-order valence-corrected chi connectivity index (χ4v) is 1.80. The van der Waals surface area contributed by atoms with E-state index in [0.717, 1.165) is 11.1 Å². The Morgan fingerprint density at radius 3 is 2.53 bits per heavy atom. The van der Waals surface area contributed by atoms with E-state index < -0.39 is 5.91 Å². The van der Waals surface area contributed by atoms with E-state index in [1.165, 1.54) is 4.68 Å². The lowest BCUT2D eigenvalue weighted by atomic mass is 10.1. The number of amides is 1. The average molecular weight is 258 g/mol. The Morgan fingerprint density at radius 2 is 2.00 bits per heavy atom. The van der Waals surface area contributed by atoms with E-state index in [1.807, 2.05) is 31.2 Å². The van der Waals surface area contributed by atoms with Crippen molar-refractivity contribution >= 4 is 18.0 Å². The second-order valence-corrected chi connectivity index (χ2v) is 4.26. The van der Waals surface area contributed by atoms with Crippen LogP contribution in [0, 0.1) is 6.92 Å². The number of aryl methyl sites for hydroxylation is 1. The largest absolute Gasteiger partial charge is 0.383 e. The number of carbonyl (C=O) groups excluding carboxylic acids is 2. The van der Waals surface area contributed by atoms with Crippen LogP contribution in [0.1, 0.15) is 15.9 Å². The summed E-state index contributed by atoms with van der Waals surface area (Å²) in [5, 5.41) is 4.18. The molecule has 1 heterocycles. The van der Waals surface area contributed by atoms with Gasteiger partial charge in [-0.1, -0.05) is 29.8 Å². The molecule has 0 atom stereocenters. The highest BCUT2D eigenvalue weighted by Gasteiger charge is 2.17. The monoisotopic (exact) mass is 258 g/mol. The van der Waals surface area contributed by atoms with E-state index >= 15 is 0 Å². The summed E-state index contributed by atoms with van der Waals surface area (Å²) in [6.45, 7) is 1.81. The minimum absolute atomic E-state index is 0.143. The number of aromatic nitrogens is 2. The minimum Gasteiger partial charge on any atom is -0.383 e. The van der Waals surface area contributed by atoms with Crippen LogP contribution in [0.3, 0.4) is 0 Å². The third kappa shape index (κ3) is 2.47. The molecule has 0 bridgehead atoms. The highest BCUT2D eigenvalue weighted by atomic mass is 16.1. The molecule has 0 aliphatic carbocycles. The molecular weight excluding hydrogens is 244 g/mol. The van der Waals surface area contributed by atoms with E-state index in [0.29, 0.717) is 12.0 Å². The summed E-state index contributed by atoms with van der Waals surface area (Å²) in [5.74, 6) is -0.425. The second-order valence-electron chi connectivity index (χ2n) is 4.26. The molecule has 0 spiro atoms. The Morgan fingerprint density at radius 1 is 1.37 bits per heavy atom. The maximum Gasteiger partial charge on any atom is 0.239 e. The number of hydrogen-bond donors (Lipinski definition) is 2. The number of benzene rings is 1. The zero-order valence-corrected chi connectivity index (χ0v) is 10.5. The van der Waals surface area contributed by atoms with Crippen molar-refractivity contribution in [2.24, 2.45) is 5.73 Å². The predicted octanol–water partition coefficient (Wildman–Crippen LogP) is 0.739. The lowest BCUT2D eigenvalue weighted by Gasteiger charge is -1.99. The van der Waals surface area contributed by atoms with Gasteiger partial charge in [-0.15, -0.1) is 0 Å². The first kappa shape index (κ1) is 12.8. The van der Waals surface area contributed by atoms with Gasteiger partial charge in [0.25, 0.3) is 0 Å². The summed E-state index contributed by atoms with van der Waals surface area (Å²) in [4.78, 5) is 22.1. The number of carbonyl (C=O) groups is 2. The number of anilines is 1. The molecular formula is C13H14N4O2. The maximum atomic E-state index is 11.1. The van der Waals surface area contributed by atoms with Crippen LogP contribution in [0.4, 0.5) is 5.82 Å². The molecule has 1 aromatic heterocycles. The molecule has 0 radical (unpaired) electrons. The van der Waals surface area contributed by atoms with Crippen molar-refractivity contribution in [2.45, 2.75) is 13.5 Å². The van der Waals surface area contributed by atoms with E-state index in [2.05, 4.69) is 5.10 Å². The van der Waals surface area contributed by atoms with Crippen molar-refractivity contribution in [2.75, 3.05) is 5.73 Å². The second kappa shape index (κ2) is 4.93. The predicted molar refractivity (Wildman–Crippen MR) is 71.4 cm³/mol. The van der Waals surface area contributed by atoms with E-state index in [9.17, 15) is 9.59 Å². The minimum atomic E-state index is -0.567. The van der Waals surface area contributed by atoms with Gasteiger partial charge in [0.1, 0.15) is 18.1 Å². The summed E-state index contributed by atoms with van der Waals surface area (Å²) in [6.07, 6.45) is 0.634. The summed E-state index contributed by atoms with van der Waals surface area (Å²) < 4.78 is 1.24. The molecule has 2 rings (SSSR count).